The molecule has 0 nitrogen and oxygen atoms in total. The normalized spacial score (nSPS) is 14.3. The van der Waals surface area contributed by atoms with Gasteiger partial charge < -0.3 is 0 Å². The van der Waals surface area contributed by atoms with E-state index in [0.717, 1.165) is 0 Å². The van der Waals surface area contributed by atoms with Crippen molar-refractivity contribution in [3.8, 4) is 0 Å². The third kappa shape index (κ3) is 0.817. The van der Waals surface area contributed by atoms with E-state index in [1.54, 1.807) is 0 Å². The van der Waals surface area contributed by atoms with Gasteiger partial charge in [0.1, 0.15) is 0 Å². The Balaban J connectivity index is 2.40. The standard InChI is InChI=1S/C16H12/c1-10-13-6-2-4-11-8-9-12-5-3-7-14(10)16(12)15(11)13/h2-10H,1H3. The number of hydrogen-bond acceptors (Lipinski definition) is 0. The summed E-state index contributed by atoms with van der Waals surface area (Å²) in [5.41, 5.74) is 2.98. The zero-order valence-electron chi connectivity index (χ0n) is 9.20. The largest absolute Gasteiger partial charge is 0.0613 e. The molecule has 1 aliphatic carbocycles. The van der Waals surface area contributed by atoms with E-state index in [4.69, 9.17) is 0 Å². The van der Waals surface area contributed by atoms with E-state index in [1.165, 1.54) is 32.7 Å². The van der Waals surface area contributed by atoms with Gasteiger partial charge in [-0.05, 0) is 32.7 Å². The van der Waals surface area contributed by atoms with E-state index in [9.17, 15) is 0 Å². The molecule has 3 aromatic rings. The Kier molecular flexibility index (Phi) is 1.38. The first-order chi connectivity index (χ1) is 7.86. The van der Waals surface area contributed by atoms with Gasteiger partial charge in [-0.1, -0.05) is 55.5 Å². The molecule has 3 aromatic carbocycles. The molecule has 0 aliphatic heterocycles. The summed E-state index contributed by atoms with van der Waals surface area (Å²) in [5.74, 6) is 0.546. The quantitative estimate of drug-likeness (QED) is 0.474. The summed E-state index contributed by atoms with van der Waals surface area (Å²) in [6.45, 7) is 2.31. The number of hydrogen-bond donors (Lipinski definition) is 0. The fourth-order valence-corrected chi connectivity index (χ4v) is 3.10. The Morgan fingerprint density at radius 3 is 1.69 bits per heavy atom. The summed E-state index contributed by atoms with van der Waals surface area (Å²) < 4.78 is 0. The van der Waals surface area contributed by atoms with Crippen LogP contribution in [0.4, 0.5) is 0 Å². The smallest absolute Gasteiger partial charge is 0.00737 e. The molecule has 0 amide bonds. The minimum absolute atomic E-state index is 0.546. The first-order valence-electron chi connectivity index (χ1n) is 5.80. The summed E-state index contributed by atoms with van der Waals surface area (Å²) in [4.78, 5) is 0. The highest BCUT2D eigenvalue weighted by molar-refractivity contribution is 6.14. The van der Waals surface area contributed by atoms with E-state index in [-0.39, 0.29) is 0 Å². The van der Waals surface area contributed by atoms with E-state index >= 15 is 0 Å². The van der Waals surface area contributed by atoms with Crippen LogP contribution in [0.3, 0.4) is 0 Å². The van der Waals surface area contributed by atoms with Gasteiger partial charge in [0.15, 0.2) is 0 Å². The molecule has 76 valence electrons. The van der Waals surface area contributed by atoms with Crippen LogP contribution in [0.1, 0.15) is 24.0 Å². The Hall–Kier alpha value is -1.82. The van der Waals surface area contributed by atoms with Crippen LogP contribution < -0.4 is 0 Å². The van der Waals surface area contributed by atoms with Crippen molar-refractivity contribution in [2.45, 2.75) is 12.8 Å². The zero-order chi connectivity index (χ0) is 10.7. The van der Waals surface area contributed by atoms with Crippen LogP contribution in [-0.4, -0.2) is 0 Å². The lowest BCUT2D eigenvalue weighted by molar-refractivity contribution is 0.961. The predicted molar refractivity (Wildman–Crippen MR) is 69.0 cm³/mol. The molecular formula is C16H12. The lowest BCUT2D eigenvalue weighted by Gasteiger charge is -2.05. The maximum Gasteiger partial charge on any atom is 0.00737 e. The van der Waals surface area contributed by atoms with Crippen LogP contribution in [0.2, 0.25) is 0 Å². The summed E-state index contributed by atoms with van der Waals surface area (Å²) in [7, 11) is 0. The van der Waals surface area contributed by atoms with Gasteiger partial charge in [0.05, 0.1) is 0 Å². The lowest BCUT2D eigenvalue weighted by atomic mass is 9.98. The van der Waals surface area contributed by atoms with Crippen LogP contribution in [0.5, 0.6) is 0 Å². The fourth-order valence-electron chi connectivity index (χ4n) is 3.10. The second-order valence-corrected chi connectivity index (χ2v) is 4.68. The van der Waals surface area contributed by atoms with Crippen LogP contribution in [0.15, 0.2) is 48.5 Å². The molecule has 0 atom stereocenters. The van der Waals surface area contributed by atoms with Gasteiger partial charge in [0.25, 0.3) is 0 Å². The van der Waals surface area contributed by atoms with Gasteiger partial charge in [0.2, 0.25) is 0 Å². The van der Waals surface area contributed by atoms with Gasteiger partial charge in [0, 0.05) is 5.92 Å². The average molecular weight is 204 g/mol. The maximum absolute atomic E-state index is 2.31. The second-order valence-electron chi connectivity index (χ2n) is 4.68. The van der Waals surface area contributed by atoms with Gasteiger partial charge >= 0.3 is 0 Å². The number of benzene rings is 3. The molecule has 0 fully saturated rings. The van der Waals surface area contributed by atoms with Crippen molar-refractivity contribution in [3.63, 3.8) is 0 Å². The molecule has 0 heteroatoms. The molecule has 0 heterocycles. The molecule has 1 aliphatic rings. The molecular weight excluding hydrogens is 192 g/mol. The van der Waals surface area contributed by atoms with Crippen molar-refractivity contribution in [1.82, 2.24) is 0 Å². The lowest BCUT2D eigenvalue weighted by Crippen LogP contribution is -1.88. The van der Waals surface area contributed by atoms with Gasteiger partial charge in [-0.2, -0.15) is 0 Å². The molecule has 4 rings (SSSR count). The van der Waals surface area contributed by atoms with Crippen LogP contribution in [0.25, 0.3) is 21.5 Å². The molecule has 0 spiro atoms. The Bertz CT molecular complexity index is 660. The Morgan fingerprint density at radius 1 is 0.688 bits per heavy atom. The second kappa shape index (κ2) is 2.65. The van der Waals surface area contributed by atoms with Crippen molar-refractivity contribution in [2.24, 2.45) is 0 Å². The minimum Gasteiger partial charge on any atom is -0.0613 e. The SMILES string of the molecule is CC1c2cccc3ccc4cccc1c4c23. The van der Waals surface area contributed by atoms with Crippen molar-refractivity contribution >= 4 is 21.5 Å². The molecule has 0 saturated heterocycles. The molecule has 0 radical (unpaired) electrons. The third-order valence-corrected chi connectivity index (χ3v) is 3.88. The molecule has 0 unspecified atom stereocenters. The summed E-state index contributed by atoms with van der Waals surface area (Å²) in [5, 5.41) is 5.70. The molecule has 0 N–H and O–H groups in total. The summed E-state index contributed by atoms with van der Waals surface area (Å²) in [6.07, 6.45) is 0. The molecule has 0 aromatic heterocycles. The predicted octanol–water partition coefficient (Wildman–Crippen LogP) is 4.46. The first kappa shape index (κ1) is 8.35. The van der Waals surface area contributed by atoms with Crippen LogP contribution in [0, 0.1) is 0 Å². The highest BCUT2D eigenvalue weighted by Crippen LogP contribution is 2.44. The van der Waals surface area contributed by atoms with Crippen LogP contribution >= 0.6 is 0 Å². The third-order valence-electron chi connectivity index (χ3n) is 3.88. The minimum atomic E-state index is 0.546. The van der Waals surface area contributed by atoms with E-state index in [2.05, 4.69) is 55.5 Å². The highest BCUT2D eigenvalue weighted by Gasteiger charge is 2.22. The monoisotopic (exact) mass is 204 g/mol. The van der Waals surface area contributed by atoms with Gasteiger partial charge in [-0.3, -0.25) is 0 Å². The van der Waals surface area contributed by atoms with Crippen molar-refractivity contribution in [2.75, 3.05) is 0 Å². The summed E-state index contributed by atoms with van der Waals surface area (Å²) >= 11 is 0. The van der Waals surface area contributed by atoms with Crippen molar-refractivity contribution in [3.05, 3.63) is 59.7 Å². The van der Waals surface area contributed by atoms with Crippen LogP contribution in [-0.2, 0) is 0 Å². The molecule has 16 heavy (non-hydrogen) atoms. The Morgan fingerprint density at radius 2 is 1.19 bits per heavy atom. The number of rotatable bonds is 0. The summed E-state index contributed by atoms with van der Waals surface area (Å²) in [6, 6.07) is 17.8. The Labute approximate surface area is 94.5 Å². The van der Waals surface area contributed by atoms with Crippen molar-refractivity contribution in [1.29, 1.82) is 0 Å². The molecule has 0 saturated carbocycles. The highest BCUT2D eigenvalue weighted by atomic mass is 14.3. The van der Waals surface area contributed by atoms with Gasteiger partial charge in [-0.15, -0.1) is 0 Å². The van der Waals surface area contributed by atoms with E-state index in [0.29, 0.717) is 5.92 Å². The fraction of sp³-hybridized carbons (Fsp3) is 0.125. The maximum atomic E-state index is 2.31. The van der Waals surface area contributed by atoms with Gasteiger partial charge in [-0.25, -0.2) is 0 Å². The zero-order valence-corrected chi connectivity index (χ0v) is 9.20. The van der Waals surface area contributed by atoms with E-state index in [1.807, 2.05) is 0 Å². The topological polar surface area (TPSA) is 0 Å². The van der Waals surface area contributed by atoms with E-state index < -0.39 is 0 Å². The first-order valence-corrected chi connectivity index (χ1v) is 5.80. The average Bonchev–Trinajstić information content (AvgIpc) is 2.64. The van der Waals surface area contributed by atoms with Crippen molar-refractivity contribution < 1.29 is 0 Å². The molecule has 0 bridgehead atoms.